The lowest BCUT2D eigenvalue weighted by Crippen LogP contribution is -2.37. The maximum Gasteiger partial charge on any atom is 0.0383 e. The minimum atomic E-state index is -0.679. The Morgan fingerprint density at radius 1 is 1.33 bits per heavy atom. The SMILES string of the molecule is CCCC(C)NC(C)CS(C)=O. The Morgan fingerprint density at radius 3 is 2.33 bits per heavy atom. The summed E-state index contributed by atoms with van der Waals surface area (Å²) in [7, 11) is -0.679. The Hall–Kier alpha value is 0.110. The van der Waals surface area contributed by atoms with E-state index in [0.29, 0.717) is 12.1 Å². The molecule has 0 saturated heterocycles. The van der Waals surface area contributed by atoms with E-state index in [1.807, 2.05) is 0 Å². The van der Waals surface area contributed by atoms with Gasteiger partial charge < -0.3 is 5.32 Å². The monoisotopic (exact) mass is 191 g/mol. The van der Waals surface area contributed by atoms with E-state index >= 15 is 0 Å². The van der Waals surface area contributed by atoms with Gasteiger partial charge in [0.15, 0.2) is 0 Å². The zero-order valence-corrected chi connectivity index (χ0v) is 9.41. The molecule has 0 spiro atoms. The number of hydrogen-bond donors (Lipinski definition) is 1. The van der Waals surface area contributed by atoms with Crippen molar-refractivity contribution in [2.45, 2.75) is 45.7 Å². The third-order valence-corrected chi connectivity index (χ3v) is 2.74. The molecule has 0 rings (SSSR count). The Balaban J connectivity index is 3.53. The Labute approximate surface area is 78.6 Å². The highest BCUT2D eigenvalue weighted by Gasteiger charge is 2.07. The van der Waals surface area contributed by atoms with Gasteiger partial charge in [-0.3, -0.25) is 4.21 Å². The van der Waals surface area contributed by atoms with Crippen molar-refractivity contribution < 1.29 is 4.21 Å². The van der Waals surface area contributed by atoms with Gasteiger partial charge in [0.2, 0.25) is 0 Å². The van der Waals surface area contributed by atoms with Crippen molar-refractivity contribution in [3.05, 3.63) is 0 Å². The fraction of sp³-hybridized carbons (Fsp3) is 1.00. The maximum absolute atomic E-state index is 10.9. The molecule has 0 aromatic heterocycles. The fourth-order valence-corrected chi connectivity index (χ4v) is 2.20. The van der Waals surface area contributed by atoms with Gasteiger partial charge in [-0.05, 0) is 20.3 Å². The lowest BCUT2D eigenvalue weighted by molar-refractivity contribution is 0.464. The summed E-state index contributed by atoms with van der Waals surface area (Å²) in [6, 6.07) is 0.922. The average Bonchev–Trinajstić information content (AvgIpc) is 1.84. The van der Waals surface area contributed by atoms with Crippen LogP contribution in [0, 0.1) is 0 Å². The molecule has 12 heavy (non-hydrogen) atoms. The van der Waals surface area contributed by atoms with Crippen LogP contribution < -0.4 is 5.32 Å². The second kappa shape index (κ2) is 6.61. The second-order valence-electron chi connectivity index (χ2n) is 3.50. The van der Waals surface area contributed by atoms with E-state index in [9.17, 15) is 4.21 Å². The summed E-state index contributed by atoms with van der Waals surface area (Å²) in [6.45, 7) is 6.45. The molecule has 2 nitrogen and oxygen atoms in total. The first-order valence-electron chi connectivity index (χ1n) is 4.62. The highest BCUT2D eigenvalue weighted by Crippen LogP contribution is 1.97. The molecule has 0 aromatic rings. The van der Waals surface area contributed by atoms with Crippen LogP contribution in [0.25, 0.3) is 0 Å². The molecule has 3 heteroatoms. The van der Waals surface area contributed by atoms with Gasteiger partial charge in [-0.2, -0.15) is 0 Å². The first-order chi connectivity index (χ1) is 5.56. The highest BCUT2D eigenvalue weighted by atomic mass is 32.2. The number of nitrogens with one attached hydrogen (secondary N) is 1. The zero-order valence-electron chi connectivity index (χ0n) is 8.59. The normalized spacial score (nSPS) is 18.7. The average molecular weight is 191 g/mol. The summed E-state index contributed by atoms with van der Waals surface area (Å²) in [4.78, 5) is 0. The molecule has 0 aliphatic rings. The minimum Gasteiger partial charge on any atom is -0.311 e. The van der Waals surface area contributed by atoms with Crippen molar-refractivity contribution in [2.75, 3.05) is 12.0 Å². The number of hydrogen-bond acceptors (Lipinski definition) is 2. The summed E-state index contributed by atoms with van der Waals surface area (Å²) in [5.74, 6) is 0.758. The van der Waals surface area contributed by atoms with Crippen LogP contribution >= 0.6 is 0 Å². The molecule has 0 saturated carbocycles. The minimum absolute atomic E-state index is 0.373. The van der Waals surface area contributed by atoms with Crippen LogP contribution in [0.3, 0.4) is 0 Å². The molecule has 0 fully saturated rings. The predicted octanol–water partition coefficient (Wildman–Crippen LogP) is 1.53. The van der Waals surface area contributed by atoms with E-state index in [2.05, 4.69) is 26.1 Å². The lowest BCUT2D eigenvalue weighted by atomic mass is 10.2. The van der Waals surface area contributed by atoms with E-state index in [1.54, 1.807) is 6.26 Å². The van der Waals surface area contributed by atoms with Crippen LogP contribution in [0.2, 0.25) is 0 Å². The first kappa shape index (κ1) is 12.1. The van der Waals surface area contributed by atoms with Crippen LogP contribution in [0.4, 0.5) is 0 Å². The molecule has 0 bridgehead atoms. The molecule has 0 aromatic carbocycles. The van der Waals surface area contributed by atoms with Gasteiger partial charge >= 0.3 is 0 Å². The van der Waals surface area contributed by atoms with Crippen molar-refractivity contribution in [3.63, 3.8) is 0 Å². The van der Waals surface area contributed by atoms with Crippen molar-refractivity contribution in [3.8, 4) is 0 Å². The summed E-state index contributed by atoms with van der Waals surface area (Å²) in [5, 5.41) is 3.42. The summed E-state index contributed by atoms with van der Waals surface area (Å²) >= 11 is 0. The molecule has 0 heterocycles. The molecule has 0 aliphatic heterocycles. The van der Waals surface area contributed by atoms with Crippen molar-refractivity contribution in [1.82, 2.24) is 5.32 Å². The molecule has 3 atom stereocenters. The number of rotatable bonds is 6. The van der Waals surface area contributed by atoms with Crippen molar-refractivity contribution >= 4 is 10.8 Å². The molecule has 3 unspecified atom stereocenters. The maximum atomic E-state index is 10.9. The predicted molar refractivity (Wildman–Crippen MR) is 55.9 cm³/mol. The van der Waals surface area contributed by atoms with Gasteiger partial charge in [0, 0.05) is 34.9 Å². The van der Waals surface area contributed by atoms with Gasteiger partial charge in [-0.25, -0.2) is 0 Å². The van der Waals surface area contributed by atoms with Crippen molar-refractivity contribution in [2.24, 2.45) is 0 Å². The van der Waals surface area contributed by atoms with E-state index in [4.69, 9.17) is 0 Å². The topological polar surface area (TPSA) is 29.1 Å². The summed E-state index contributed by atoms with van der Waals surface area (Å²) in [5.41, 5.74) is 0. The third kappa shape index (κ3) is 6.80. The van der Waals surface area contributed by atoms with Crippen LogP contribution in [0.15, 0.2) is 0 Å². The van der Waals surface area contributed by atoms with Gasteiger partial charge in [0.05, 0.1) is 0 Å². The van der Waals surface area contributed by atoms with Gasteiger partial charge in [-0.1, -0.05) is 13.3 Å². The van der Waals surface area contributed by atoms with Crippen LogP contribution in [0.5, 0.6) is 0 Å². The van der Waals surface area contributed by atoms with Gasteiger partial charge in [0.1, 0.15) is 0 Å². The zero-order chi connectivity index (χ0) is 9.56. The second-order valence-corrected chi connectivity index (χ2v) is 4.98. The largest absolute Gasteiger partial charge is 0.311 e. The van der Waals surface area contributed by atoms with E-state index in [-0.39, 0.29) is 0 Å². The van der Waals surface area contributed by atoms with Crippen LogP contribution in [-0.4, -0.2) is 28.3 Å². The standard InChI is InChI=1S/C9H21NOS/c1-5-6-8(2)10-9(3)7-12(4)11/h8-10H,5-7H2,1-4H3. The molecule has 0 aliphatic carbocycles. The fourth-order valence-electron chi connectivity index (χ4n) is 1.40. The Kier molecular flexibility index (Phi) is 6.67. The van der Waals surface area contributed by atoms with Gasteiger partial charge in [-0.15, -0.1) is 0 Å². The van der Waals surface area contributed by atoms with E-state index < -0.39 is 10.8 Å². The first-order valence-corrected chi connectivity index (χ1v) is 6.35. The smallest absolute Gasteiger partial charge is 0.0383 e. The summed E-state index contributed by atoms with van der Waals surface area (Å²) in [6.07, 6.45) is 4.15. The molecular formula is C9H21NOS. The Morgan fingerprint density at radius 2 is 1.92 bits per heavy atom. The quantitative estimate of drug-likeness (QED) is 0.690. The lowest BCUT2D eigenvalue weighted by Gasteiger charge is -2.18. The summed E-state index contributed by atoms with van der Waals surface area (Å²) < 4.78 is 10.9. The van der Waals surface area contributed by atoms with Crippen LogP contribution in [-0.2, 0) is 10.8 Å². The molecule has 0 amide bonds. The molecular weight excluding hydrogens is 170 g/mol. The highest BCUT2D eigenvalue weighted by molar-refractivity contribution is 7.84. The molecule has 74 valence electrons. The Bertz CT molecular complexity index is 138. The van der Waals surface area contributed by atoms with Crippen LogP contribution in [0.1, 0.15) is 33.6 Å². The van der Waals surface area contributed by atoms with Gasteiger partial charge in [0.25, 0.3) is 0 Å². The molecule has 1 N–H and O–H groups in total. The molecule has 0 radical (unpaired) electrons. The van der Waals surface area contributed by atoms with E-state index in [0.717, 1.165) is 5.75 Å². The third-order valence-electron chi connectivity index (χ3n) is 1.78. The van der Waals surface area contributed by atoms with Crippen molar-refractivity contribution in [1.29, 1.82) is 0 Å². The van der Waals surface area contributed by atoms with E-state index in [1.165, 1.54) is 12.8 Å².